The van der Waals surface area contributed by atoms with Crippen molar-refractivity contribution in [3.8, 4) is 5.75 Å². The predicted molar refractivity (Wildman–Crippen MR) is 100 cm³/mol. The molecule has 3 N–H and O–H groups in total. The Morgan fingerprint density at radius 1 is 1.24 bits per heavy atom. The molecule has 0 aliphatic carbocycles. The number of amides is 1. The second-order valence-electron chi connectivity index (χ2n) is 7.75. The van der Waals surface area contributed by atoms with Crippen LogP contribution in [0.4, 0.5) is 0 Å². The molecule has 0 saturated carbocycles. The molecule has 1 aromatic carbocycles. The largest absolute Gasteiger partial charge is 0.491 e. The molecular formula is C20H31N3O2. The minimum Gasteiger partial charge on any atom is -0.491 e. The summed E-state index contributed by atoms with van der Waals surface area (Å²) in [6.45, 7) is 10.4. The molecule has 2 heterocycles. The van der Waals surface area contributed by atoms with Gasteiger partial charge in [-0.25, -0.2) is 0 Å². The summed E-state index contributed by atoms with van der Waals surface area (Å²) in [5.41, 5.74) is 3.86. The van der Waals surface area contributed by atoms with Gasteiger partial charge in [-0.1, -0.05) is 17.7 Å². The molecular weight excluding hydrogens is 314 g/mol. The van der Waals surface area contributed by atoms with Crippen LogP contribution in [0.15, 0.2) is 12.1 Å². The number of ether oxygens (including phenoxy) is 1. The van der Waals surface area contributed by atoms with Crippen LogP contribution in [-0.4, -0.2) is 44.7 Å². The van der Waals surface area contributed by atoms with Crippen LogP contribution >= 0.6 is 0 Å². The number of hydrogen-bond acceptors (Lipinski definition) is 4. The molecule has 138 valence electrons. The monoisotopic (exact) mass is 345 g/mol. The van der Waals surface area contributed by atoms with Crippen LogP contribution < -0.4 is 20.7 Å². The number of nitrogens with one attached hydrogen (secondary N) is 3. The molecule has 0 radical (unpaired) electrons. The van der Waals surface area contributed by atoms with Crippen molar-refractivity contribution in [3.63, 3.8) is 0 Å². The highest BCUT2D eigenvalue weighted by molar-refractivity contribution is 5.82. The molecule has 2 aliphatic heterocycles. The van der Waals surface area contributed by atoms with E-state index in [1.54, 1.807) is 0 Å². The van der Waals surface area contributed by atoms with Crippen molar-refractivity contribution in [2.45, 2.75) is 46.1 Å². The Morgan fingerprint density at radius 2 is 1.92 bits per heavy atom. The summed E-state index contributed by atoms with van der Waals surface area (Å²) in [4.78, 5) is 12.4. The van der Waals surface area contributed by atoms with Crippen LogP contribution in [0.5, 0.6) is 5.75 Å². The zero-order valence-corrected chi connectivity index (χ0v) is 15.7. The number of benzene rings is 1. The molecule has 25 heavy (non-hydrogen) atoms. The van der Waals surface area contributed by atoms with Crippen LogP contribution in [0.2, 0.25) is 0 Å². The van der Waals surface area contributed by atoms with Crippen molar-refractivity contribution < 1.29 is 9.53 Å². The first-order chi connectivity index (χ1) is 12.0. The zero-order chi connectivity index (χ0) is 17.9. The van der Waals surface area contributed by atoms with E-state index in [-0.39, 0.29) is 11.9 Å². The highest BCUT2D eigenvalue weighted by Gasteiger charge is 2.41. The Labute approximate surface area is 150 Å². The van der Waals surface area contributed by atoms with Crippen LogP contribution in [0.3, 0.4) is 0 Å². The van der Waals surface area contributed by atoms with Crippen LogP contribution in [0.25, 0.3) is 0 Å². The third-order valence-electron chi connectivity index (χ3n) is 5.59. The lowest BCUT2D eigenvalue weighted by atomic mass is 9.77. The number of piperidine rings is 1. The fourth-order valence-corrected chi connectivity index (χ4v) is 4.29. The molecule has 0 aromatic heterocycles. The molecule has 1 aromatic rings. The number of carbonyl (C=O) groups is 1. The fraction of sp³-hybridized carbons (Fsp3) is 0.650. The number of aryl methyl sites for hydroxylation is 3. The summed E-state index contributed by atoms with van der Waals surface area (Å²) < 4.78 is 5.90. The van der Waals surface area contributed by atoms with Gasteiger partial charge in [0.1, 0.15) is 12.4 Å². The Morgan fingerprint density at radius 3 is 2.60 bits per heavy atom. The molecule has 1 unspecified atom stereocenters. The standard InChI is InChI=1S/C20H31N3O2/c1-14-10-15(2)18(16(3)11-14)25-9-8-22-19(24)17-12-20(13-23-17)4-6-21-7-5-20/h10-11,17,21,23H,4-9,12-13H2,1-3H3,(H,22,24). The lowest BCUT2D eigenvalue weighted by Gasteiger charge is -2.33. The summed E-state index contributed by atoms with van der Waals surface area (Å²) >= 11 is 0. The first kappa shape index (κ1) is 18.2. The van der Waals surface area contributed by atoms with Crippen molar-refractivity contribution in [1.29, 1.82) is 0 Å². The second kappa shape index (κ2) is 7.75. The van der Waals surface area contributed by atoms with Crippen molar-refractivity contribution >= 4 is 5.91 Å². The van der Waals surface area contributed by atoms with Crippen LogP contribution in [0.1, 0.15) is 36.0 Å². The van der Waals surface area contributed by atoms with Gasteiger partial charge in [-0.15, -0.1) is 0 Å². The number of rotatable bonds is 5. The maximum Gasteiger partial charge on any atom is 0.237 e. The summed E-state index contributed by atoms with van der Waals surface area (Å²) in [5.74, 6) is 1.05. The molecule has 2 aliphatic rings. The molecule has 1 atom stereocenters. The van der Waals surface area contributed by atoms with E-state index in [2.05, 4.69) is 48.9 Å². The molecule has 1 spiro atoms. The number of hydrogen-bond donors (Lipinski definition) is 3. The molecule has 3 rings (SSSR count). The number of carbonyl (C=O) groups excluding carboxylic acids is 1. The lowest BCUT2D eigenvalue weighted by molar-refractivity contribution is -0.123. The van der Waals surface area contributed by atoms with Crippen molar-refractivity contribution in [2.24, 2.45) is 5.41 Å². The van der Waals surface area contributed by atoms with Gasteiger partial charge in [0.05, 0.1) is 12.6 Å². The predicted octanol–water partition coefficient (Wildman–Crippen LogP) is 1.84. The van der Waals surface area contributed by atoms with Gasteiger partial charge < -0.3 is 20.7 Å². The molecule has 2 fully saturated rings. The minimum atomic E-state index is -0.0547. The summed E-state index contributed by atoms with van der Waals surface area (Å²) in [5, 5.41) is 9.85. The fourth-order valence-electron chi connectivity index (χ4n) is 4.29. The van der Waals surface area contributed by atoms with Crippen LogP contribution in [0, 0.1) is 26.2 Å². The molecule has 5 nitrogen and oxygen atoms in total. The van der Waals surface area contributed by atoms with E-state index < -0.39 is 0 Å². The third kappa shape index (κ3) is 4.33. The van der Waals surface area contributed by atoms with E-state index >= 15 is 0 Å². The van der Waals surface area contributed by atoms with Gasteiger partial charge in [0.15, 0.2) is 0 Å². The van der Waals surface area contributed by atoms with E-state index in [0.29, 0.717) is 18.6 Å². The summed E-state index contributed by atoms with van der Waals surface area (Å²) in [7, 11) is 0. The van der Waals surface area contributed by atoms with E-state index in [4.69, 9.17) is 4.74 Å². The zero-order valence-electron chi connectivity index (χ0n) is 15.7. The van der Waals surface area contributed by atoms with Crippen molar-refractivity contribution in [1.82, 2.24) is 16.0 Å². The Balaban J connectivity index is 1.43. The Bertz CT molecular complexity index is 600. The van der Waals surface area contributed by atoms with Gasteiger partial charge in [0.2, 0.25) is 5.91 Å². The first-order valence-electron chi connectivity index (χ1n) is 9.42. The normalized spacial score (nSPS) is 22.1. The smallest absolute Gasteiger partial charge is 0.237 e. The van der Waals surface area contributed by atoms with E-state index in [1.807, 2.05) is 0 Å². The average Bonchev–Trinajstić information content (AvgIpc) is 2.97. The maximum atomic E-state index is 12.4. The molecule has 2 saturated heterocycles. The van der Waals surface area contributed by atoms with E-state index in [9.17, 15) is 4.79 Å². The molecule has 5 heteroatoms. The Hall–Kier alpha value is -1.59. The van der Waals surface area contributed by atoms with Gasteiger partial charge >= 0.3 is 0 Å². The quantitative estimate of drug-likeness (QED) is 0.713. The highest BCUT2D eigenvalue weighted by atomic mass is 16.5. The van der Waals surface area contributed by atoms with Gasteiger partial charge in [-0.2, -0.15) is 0 Å². The second-order valence-corrected chi connectivity index (χ2v) is 7.75. The SMILES string of the molecule is Cc1cc(C)c(OCCNC(=O)C2CC3(CCNCC3)CN2)c(C)c1. The third-order valence-corrected chi connectivity index (χ3v) is 5.59. The summed E-state index contributed by atoms with van der Waals surface area (Å²) in [6.07, 6.45) is 3.29. The Kier molecular flexibility index (Phi) is 5.64. The van der Waals surface area contributed by atoms with Crippen LogP contribution in [-0.2, 0) is 4.79 Å². The van der Waals surface area contributed by atoms with Crippen molar-refractivity contribution in [3.05, 3.63) is 28.8 Å². The minimum absolute atomic E-state index is 0.0547. The van der Waals surface area contributed by atoms with Gasteiger partial charge in [-0.3, -0.25) is 4.79 Å². The van der Waals surface area contributed by atoms with E-state index in [0.717, 1.165) is 42.9 Å². The molecule has 1 amide bonds. The van der Waals surface area contributed by atoms with Gasteiger partial charge in [0, 0.05) is 6.54 Å². The maximum absolute atomic E-state index is 12.4. The van der Waals surface area contributed by atoms with Gasteiger partial charge in [0.25, 0.3) is 0 Å². The van der Waals surface area contributed by atoms with Gasteiger partial charge in [-0.05, 0) is 69.7 Å². The lowest BCUT2D eigenvalue weighted by Crippen LogP contribution is -2.41. The average molecular weight is 345 g/mol. The van der Waals surface area contributed by atoms with E-state index in [1.165, 1.54) is 18.4 Å². The topological polar surface area (TPSA) is 62.4 Å². The molecule has 0 bridgehead atoms. The summed E-state index contributed by atoms with van der Waals surface area (Å²) in [6, 6.07) is 4.20. The first-order valence-corrected chi connectivity index (χ1v) is 9.42. The highest BCUT2D eigenvalue weighted by Crippen LogP contribution is 2.37. The van der Waals surface area contributed by atoms with Crippen molar-refractivity contribution in [2.75, 3.05) is 32.8 Å².